The number of carbonyl (C=O) groups is 1. The molecule has 2 atom stereocenters. The number of unbranched alkanes of at least 4 members (excludes halogenated alkanes) is 18. The molecule has 0 rings (SSSR count). The van der Waals surface area contributed by atoms with Gasteiger partial charge in [0.05, 0.1) is 34.4 Å². The summed E-state index contributed by atoms with van der Waals surface area (Å²) in [6, 6.07) is 0. The van der Waals surface area contributed by atoms with Gasteiger partial charge in [0.1, 0.15) is 19.3 Å². The number of allylic oxidation sites excluding steroid dienone is 12. The van der Waals surface area contributed by atoms with E-state index in [-0.39, 0.29) is 25.8 Å². The van der Waals surface area contributed by atoms with E-state index in [2.05, 4.69) is 86.8 Å². The second-order valence-corrected chi connectivity index (χ2v) is 18.5. The minimum atomic E-state index is -4.54. The summed E-state index contributed by atoms with van der Waals surface area (Å²) in [6.07, 6.45) is 56.3. The van der Waals surface area contributed by atoms with Crippen molar-refractivity contribution in [3.63, 3.8) is 0 Å². The molecule has 0 fully saturated rings. The molecule has 0 aliphatic rings. The summed E-state index contributed by atoms with van der Waals surface area (Å²) >= 11 is 0. The number of carbonyl (C=O) groups excluding carboxylic acids is 1. The molecule has 2 unspecified atom stereocenters. The van der Waals surface area contributed by atoms with E-state index in [0.29, 0.717) is 24.1 Å². The quantitative estimate of drug-likeness (QED) is 0.0198. The highest BCUT2D eigenvalue weighted by Crippen LogP contribution is 2.38. The molecule has 0 radical (unpaired) electrons. The van der Waals surface area contributed by atoms with Gasteiger partial charge in [0.2, 0.25) is 0 Å². The summed E-state index contributed by atoms with van der Waals surface area (Å²) in [5, 5.41) is 0. The third-order valence-electron chi connectivity index (χ3n) is 9.99. The maximum Gasteiger partial charge on any atom is 0.306 e. The van der Waals surface area contributed by atoms with Crippen molar-refractivity contribution in [2.45, 2.75) is 193 Å². The van der Waals surface area contributed by atoms with Gasteiger partial charge < -0.3 is 27.9 Å². The van der Waals surface area contributed by atoms with Crippen molar-refractivity contribution in [2.75, 3.05) is 54.1 Å². The van der Waals surface area contributed by atoms with E-state index < -0.39 is 13.9 Å². The lowest BCUT2D eigenvalue weighted by atomic mass is 10.1. The zero-order valence-electron chi connectivity index (χ0n) is 39.4. The van der Waals surface area contributed by atoms with E-state index >= 15 is 0 Å². The Morgan fingerprint density at radius 2 is 0.967 bits per heavy atom. The van der Waals surface area contributed by atoms with Crippen molar-refractivity contribution in [1.29, 1.82) is 0 Å². The van der Waals surface area contributed by atoms with Crippen molar-refractivity contribution in [3.8, 4) is 0 Å². The fraction of sp³-hybridized carbons (Fsp3) is 0.745. The molecule has 0 N–H and O–H groups in total. The largest absolute Gasteiger partial charge is 0.756 e. The fourth-order valence-corrected chi connectivity index (χ4v) is 7.00. The lowest BCUT2D eigenvalue weighted by Crippen LogP contribution is -2.37. The molecule has 348 valence electrons. The number of ether oxygens (including phenoxy) is 2. The van der Waals surface area contributed by atoms with E-state index in [1.54, 1.807) is 0 Å². The van der Waals surface area contributed by atoms with Crippen molar-refractivity contribution in [2.24, 2.45) is 0 Å². The van der Waals surface area contributed by atoms with Crippen molar-refractivity contribution >= 4 is 13.8 Å². The van der Waals surface area contributed by atoms with Gasteiger partial charge in [-0.25, -0.2) is 0 Å². The van der Waals surface area contributed by atoms with Gasteiger partial charge in [-0.05, 0) is 83.5 Å². The van der Waals surface area contributed by atoms with E-state index in [4.69, 9.17) is 18.5 Å². The van der Waals surface area contributed by atoms with Crippen LogP contribution in [0.3, 0.4) is 0 Å². The molecule has 0 aromatic rings. The number of nitrogens with zero attached hydrogens (tertiary/aromatic N) is 1. The average molecular weight is 862 g/mol. The number of esters is 1. The second kappa shape index (κ2) is 43.6. The summed E-state index contributed by atoms with van der Waals surface area (Å²) < 4.78 is 34.6. The first-order valence-electron chi connectivity index (χ1n) is 24.2. The molecule has 0 heterocycles. The third-order valence-corrected chi connectivity index (χ3v) is 11.0. The molecule has 8 nitrogen and oxygen atoms in total. The number of phosphoric acid groups is 1. The van der Waals surface area contributed by atoms with Crippen molar-refractivity contribution in [3.05, 3.63) is 72.9 Å². The van der Waals surface area contributed by atoms with Crippen LogP contribution in [0.5, 0.6) is 0 Å². The molecule has 0 aromatic heterocycles. The summed E-state index contributed by atoms with van der Waals surface area (Å²) in [5.74, 6) is -0.349. The molecule has 0 saturated heterocycles. The molecule has 0 aliphatic carbocycles. The van der Waals surface area contributed by atoms with Crippen LogP contribution in [0.2, 0.25) is 0 Å². The van der Waals surface area contributed by atoms with E-state index in [0.717, 1.165) is 83.5 Å². The lowest BCUT2D eigenvalue weighted by molar-refractivity contribution is -0.870. The Balaban J connectivity index is 4.18. The van der Waals surface area contributed by atoms with Crippen LogP contribution in [-0.2, 0) is 27.9 Å². The summed E-state index contributed by atoms with van der Waals surface area (Å²) in [5.41, 5.74) is 0. The molecule has 60 heavy (non-hydrogen) atoms. The SMILES string of the molecule is CC/C=C\C/C=C\C/C=C\C/C=C\C/C=C\CCCCCCCCCCOCC(COP(=O)([O-])OCC[N+](C)(C)C)OC(=O)CCCCCCC/C=C\CCCCCCC. The minimum absolute atomic E-state index is 0.0196. The fourth-order valence-electron chi connectivity index (χ4n) is 6.27. The summed E-state index contributed by atoms with van der Waals surface area (Å²) in [7, 11) is 1.34. The average Bonchev–Trinajstić information content (AvgIpc) is 3.20. The zero-order valence-corrected chi connectivity index (χ0v) is 40.3. The first-order chi connectivity index (χ1) is 29.1. The highest BCUT2D eigenvalue weighted by Gasteiger charge is 2.20. The van der Waals surface area contributed by atoms with Crippen LogP contribution < -0.4 is 4.89 Å². The van der Waals surface area contributed by atoms with E-state index in [1.165, 1.54) is 83.5 Å². The first-order valence-corrected chi connectivity index (χ1v) is 25.6. The zero-order chi connectivity index (χ0) is 44.1. The Labute approximate surface area is 370 Å². The molecular formula is C51H92NO7P. The molecule has 0 spiro atoms. The molecular weight excluding hydrogens is 770 g/mol. The molecule has 0 saturated carbocycles. The summed E-state index contributed by atoms with van der Waals surface area (Å²) in [4.78, 5) is 25.1. The van der Waals surface area contributed by atoms with E-state index in [1.807, 2.05) is 21.1 Å². The van der Waals surface area contributed by atoms with Crippen molar-refractivity contribution < 1.29 is 37.3 Å². The topological polar surface area (TPSA) is 94.1 Å². The van der Waals surface area contributed by atoms with Crippen LogP contribution >= 0.6 is 7.82 Å². The summed E-state index contributed by atoms with van der Waals surface area (Å²) in [6.45, 7) is 5.25. The first kappa shape index (κ1) is 57.9. The van der Waals surface area contributed by atoms with Gasteiger partial charge in [-0.15, -0.1) is 0 Å². The Kier molecular flexibility index (Phi) is 42.1. The van der Waals surface area contributed by atoms with Gasteiger partial charge >= 0.3 is 5.97 Å². The predicted octanol–water partition coefficient (Wildman–Crippen LogP) is 14.0. The maximum absolute atomic E-state index is 12.7. The van der Waals surface area contributed by atoms with Gasteiger partial charge in [-0.2, -0.15) is 0 Å². The highest BCUT2D eigenvalue weighted by atomic mass is 31.2. The standard InChI is InChI=1S/C51H92NO7P/c1-6-8-10-12-14-16-18-20-22-23-24-25-26-27-28-29-30-31-33-35-37-39-41-43-46-56-48-50(49-58-60(54,55)57-47-45-52(3,4)5)59-51(53)44-42-40-38-36-34-32-21-19-17-15-13-11-9-7-2/h8,10,14,16,19-22,24-25,27-28,50H,6-7,9,11-13,15,17-18,23,26,29-49H2,1-5H3/b10-8-,16-14-,21-19-,22-20-,25-24-,28-27-. The number of hydrogen-bond donors (Lipinski definition) is 0. The number of quaternary nitrogens is 1. The third kappa shape index (κ3) is 47.0. The minimum Gasteiger partial charge on any atom is -0.756 e. The van der Waals surface area contributed by atoms with Crippen LogP contribution in [0.4, 0.5) is 0 Å². The normalized spacial score (nSPS) is 14.3. The highest BCUT2D eigenvalue weighted by molar-refractivity contribution is 7.45. The number of phosphoric ester groups is 1. The van der Waals surface area contributed by atoms with Crippen molar-refractivity contribution in [1.82, 2.24) is 0 Å². The van der Waals surface area contributed by atoms with Gasteiger partial charge in [-0.1, -0.05) is 170 Å². The molecule has 0 amide bonds. The maximum atomic E-state index is 12.7. The van der Waals surface area contributed by atoms with Crippen LogP contribution in [-0.4, -0.2) is 70.7 Å². The monoisotopic (exact) mass is 862 g/mol. The number of likely N-dealkylation sites (N-methyl/N-ethyl adjacent to an activating group) is 1. The molecule has 0 aliphatic heterocycles. The second-order valence-electron chi connectivity index (χ2n) is 17.1. The molecule has 0 aromatic carbocycles. The van der Waals surface area contributed by atoms with Gasteiger partial charge in [0.15, 0.2) is 0 Å². The Bertz CT molecular complexity index is 1190. The molecule has 0 bridgehead atoms. The van der Waals surface area contributed by atoms with Crippen LogP contribution in [0, 0.1) is 0 Å². The Morgan fingerprint density at radius 1 is 0.533 bits per heavy atom. The lowest BCUT2D eigenvalue weighted by Gasteiger charge is -2.28. The van der Waals surface area contributed by atoms with Crippen LogP contribution in [0.25, 0.3) is 0 Å². The van der Waals surface area contributed by atoms with Crippen LogP contribution in [0.1, 0.15) is 187 Å². The Hall–Kier alpha value is -2.06. The smallest absolute Gasteiger partial charge is 0.306 e. The Morgan fingerprint density at radius 3 is 1.47 bits per heavy atom. The predicted molar refractivity (Wildman–Crippen MR) is 254 cm³/mol. The number of hydrogen-bond acceptors (Lipinski definition) is 7. The van der Waals surface area contributed by atoms with Crippen LogP contribution in [0.15, 0.2) is 72.9 Å². The van der Waals surface area contributed by atoms with E-state index in [9.17, 15) is 14.3 Å². The molecule has 9 heteroatoms. The van der Waals surface area contributed by atoms with Gasteiger partial charge in [-0.3, -0.25) is 9.36 Å². The number of rotatable bonds is 44. The van der Waals surface area contributed by atoms with Gasteiger partial charge in [0.25, 0.3) is 7.82 Å². The van der Waals surface area contributed by atoms with Gasteiger partial charge in [0, 0.05) is 13.0 Å².